The molecule has 0 radical (unpaired) electrons. The SMILES string of the molecule is O=c1c2cc3c(cc2sc2cc4c(cc12)B1c2ccccc2N2c5ccccc5B5c6ccccc6N(c6ccccc6)c6cc(c1c2c65)N4c1ccccc1)Oc1cc(N(c2ccccc2)c2ccccc2)cc2c1B3c1ccccc1N2c1ccccc1. The van der Waals surface area contributed by atoms with E-state index in [2.05, 4.69) is 316 Å². The van der Waals surface area contributed by atoms with E-state index in [1.54, 1.807) is 11.3 Å². The van der Waals surface area contributed by atoms with Crippen LogP contribution in [0.3, 0.4) is 0 Å². The number of nitrogens with zero attached hydrogens (tertiary/aromatic N) is 5. The molecule has 0 amide bonds. The van der Waals surface area contributed by atoms with E-state index in [0.29, 0.717) is 10.8 Å². The summed E-state index contributed by atoms with van der Waals surface area (Å²) in [5.74, 6) is 1.53. The Morgan fingerprint density at radius 2 is 0.689 bits per heavy atom. The van der Waals surface area contributed by atoms with Crippen molar-refractivity contribution in [3.63, 3.8) is 0 Å². The Morgan fingerprint density at radius 1 is 0.300 bits per heavy atom. The van der Waals surface area contributed by atoms with Crippen LogP contribution in [0, 0.1) is 0 Å². The van der Waals surface area contributed by atoms with Crippen molar-refractivity contribution in [2.24, 2.45) is 0 Å². The maximum Gasteiger partial charge on any atom is 0.256 e. The van der Waals surface area contributed by atoms with Gasteiger partial charge in [0.05, 0.1) is 5.69 Å². The lowest BCUT2D eigenvalue weighted by molar-refractivity contribution is 0.488. The molecule has 0 unspecified atom stereocenters. The van der Waals surface area contributed by atoms with E-state index in [1.165, 1.54) is 44.4 Å². The second kappa shape index (κ2) is 18.9. The molecule has 0 aliphatic carbocycles. The molecule has 11 heteroatoms. The van der Waals surface area contributed by atoms with Crippen LogP contribution in [0.5, 0.6) is 11.5 Å². The van der Waals surface area contributed by atoms with E-state index in [4.69, 9.17) is 4.74 Å². The summed E-state index contributed by atoms with van der Waals surface area (Å²) in [5, 5.41) is 1.40. The van der Waals surface area contributed by atoms with Gasteiger partial charge < -0.3 is 29.2 Å². The normalized spacial score (nSPS) is 13.8. The fraction of sp³-hybridized carbons (Fsp3) is 0. The number of anilines is 15. The number of ether oxygens (including phenoxy) is 1. The van der Waals surface area contributed by atoms with Crippen LogP contribution in [-0.4, -0.2) is 20.1 Å². The van der Waals surface area contributed by atoms with E-state index in [-0.39, 0.29) is 25.6 Å². The van der Waals surface area contributed by atoms with Crippen molar-refractivity contribution in [2.45, 2.75) is 0 Å². The highest BCUT2D eigenvalue weighted by Gasteiger charge is 2.52. The zero-order valence-electron chi connectivity index (χ0n) is 48.4. The Labute approximate surface area is 525 Å². The Morgan fingerprint density at radius 3 is 1.19 bits per heavy atom. The van der Waals surface area contributed by atoms with Crippen LogP contribution in [-0.2, 0) is 0 Å². The van der Waals surface area contributed by atoms with Crippen molar-refractivity contribution >= 4 is 186 Å². The van der Waals surface area contributed by atoms with Gasteiger partial charge in [-0.2, -0.15) is 0 Å². The fourth-order valence-corrected chi connectivity index (χ4v) is 17.1. The average Bonchev–Trinajstić information content (AvgIpc) is 0.675. The first-order valence-corrected chi connectivity index (χ1v) is 31.7. The lowest BCUT2D eigenvalue weighted by atomic mass is 9.28. The first-order valence-electron chi connectivity index (χ1n) is 30.9. The van der Waals surface area contributed by atoms with Crippen molar-refractivity contribution in [2.75, 3.05) is 24.5 Å². The van der Waals surface area contributed by atoms with Gasteiger partial charge in [-0.25, -0.2) is 0 Å². The fourth-order valence-electron chi connectivity index (χ4n) is 16.1. The molecular formula is C79H48B3N5O2S. The van der Waals surface area contributed by atoms with Gasteiger partial charge in [-0.15, -0.1) is 11.3 Å². The van der Waals surface area contributed by atoms with Crippen LogP contribution >= 0.6 is 11.3 Å². The third-order valence-corrected chi connectivity index (χ3v) is 20.7. The molecule has 14 aromatic rings. The Hall–Kier alpha value is -11.3. The number of benzene rings is 13. The van der Waals surface area contributed by atoms with Gasteiger partial charge in [0.2, 0.25) is 0 Å². The zero-order chi connectivity index (χ0) is 58.9. The van der Waals surface area contributed by atoms with Gasteiger partial charge >= 0.3 is 0 Å². The van der Waals surface area contributed by atoms with E-state index in [0.717, 1.165) is 111 Å². The Bertz CT molecular complexity index is 5400. The quantitative estimate of drug-likeness (QED) is 0.121. The van der Waals surface area contributed by atoms with Gasteiger partial charge in [0.15, 0.2) is 5.43 Å². The molecular weight excluding hydrogens is 1120 g/mol. The third-order valence-electron chi connectivity index (χ3n) is 19.6. The smallest absolute Gasteiger partial charge is 0.256 e. The maximum absolute atomic E-state index is 16.2. The van der Waals surface area contributed by atoms with Crippen LogP contribution in [0.25, 0.3) is 20.2 Å². The maximum atomic E-state index is 16.2. The topological polar surface area (TPSA) is 42.5 Å². The van der Waals surface area contributed by atoms with Gasteiger partial charge in [0.1, 0.15) is 11.5 Å². The van der Waals surface area contributed by atoms with Gasteiger partial charge in [-0.1, -0.05) is 176 Å². The largest absolute Gasteiger partial charge is 0.458 e. The minimum absolute atomic E-state index is 0.0146. The van der Waals surface area contributed by atoms with Crippen molar-refractivity contribution in [1.82, 2.24) is 0 Å². The minimum Gasteiger partial charge on any atom is -0.458 e. The highest BCUT2D eigenvalue weighted by Crippen LogP contribution is 2.52. The highest BCUT2D eigenvalue weighted by atomic mass is 32.1. The number of hydrogen-bond acceptors (Lipinski definition) is 8. The molecule has 6 aliphatic heterocycles. The molecule has 0 N–H and O–H groups in total. The van der Waals surface area contributed by atoms with Crippen molar-refractivity contribution in [1.29, 1.82) is 0 Å². The zero-order valence-corrected chi connectivity index (χ0v) is 49.2. The molecule has 0 spiro atoms. The molecule has 13 aromatic carbocycles. The first-order chi connectivity index (χ1) is 44.6. The molecule has 90 heavy (non-hydrogen) atoms. The van der Waals surface area contributed by atoms with Crippen molar-refractivity contribution in [3.8, 4) is 11.5 Å². The van der Waals surface area contributed by atoms with Crippen molar-refractivity contribution < 1.29 is 4.74 Å². The molecule has 6 aliphatic rings. The molecule has 0 fully saturated rings. The third kappa shape index (κ3) is 6.89. The van der Waals surface area contributed by atoms with E-state index in [9.17, 15) is 0 Å². The van der Waals surface area contributed by atoms with Gasteiger partial charge in [0, 0.05) is 106 Å². The summed E-state index contributed by atoms with van der Waals surface area (Å²) in [6.45, 7) is -0.475. The van der Waals surface area contributed by atoms with E-state index >= 15 is 4.79 Å². The Balaban J connectivity index is 0.832. The average molecular weight is 1160 g/mol. The van der Waals surface area contributed by atoms with Crippen LogP contribution in [0.4, 0.5) is 85.3 Å². The summed E-state index contributed by atoms with van der Waals surface area (Å²) in [7, 11) is 0. The summed E-state index contributed by atoms with van der Waals surface area (Å²) in [6.07, 6.45) is 0. The minimum atomic E-state index is -0.238. The Kier molecular flexibility index (Phi) is 10.4. The molecule has 416 valence electrons. The standard InChI is InChI=1S/C79H48B3N5O2S/c88-79-55-44-61-67(86(53-32-14-5-15-33-53)70-46-69-76-78-77(70)81(61)60-37-19-23-41-66(60)87(78)65-40-22-18-36-59(65)80(76)57-34-16-20-38-63(57)85(69)52-30-12-4-13-31-52)47-73(55)90-74-48-71-62(45-56(74)79)82-58-35-17-21-39-64(58)84(51-28-10-3-11-29-51)68-42-54(43-72(89-71)75(68)82)83(49-24-6-1-7-25-49)50-26-8-2-9-27-50/h1-48H. The lowest BCUT2D eigenvalue weighted by Crippen LogP contribution is -2.68. The summed E-state index contributed by atoms with van der Waals surface area (Å²) >= 11 is 1.67. The highest BCUT2D eigenvalue weighted by molar-refractivity contribution is 7.24. The molecule has 0 saturated heterocycles. The second-order valence-electron chi connectivity index (χ2n) is 24.2. The predicted molar refractivity (Wildman–Crippen MR) is 380 cm³/mol. The monoisotopic (exact) mass is 1160 g/mol. The second-order valence-corrected chi connectivity index (χ2v) is 25.3. The van der Waals surface area contributed by atoms with Gasteiger partial charge in [-0.05, 0) is 158 Å². The molecule has 20 rings (SSSR count). The van der Waals surface area contributed by atoms with Crippen LogP contribution in [0.2, 0.25) is 0 Å². The molecule has 0 bridgehead atoms. The number of rotatable bonds is 6. The van der Waals surface area contributed by atoms with Crippen LogP contribution in [0.1, 0.15) is 0 Å². The summed E-state index contributed by atoms with van der Waals surface area (Å²) in [4.78, 5) is 28.5. The number of hydrogen-bond donors (Lipinski definition) is 0. The molecule has 0 atom stereocenters. The van der Waals surface area contributed by atoms with Crippen molar-refractivity contribution in [3.05, 3.63) is 301 Å². The van der Waals surface area contributed by atoms with Gasteiger partial charge in [-0.3, -0.25) is 4.79 Å². The van der Waals surface area contributed by atoms with E-state index < -0.39 is 0 Å². The number of fused-ring (bicyclic) bond motifs is 16. The van der Waals surface area contributed by atoms with Crippen LogP contribution < -0.4 is 83.8 Å². The van der Waals surface area contributed by atoms with E-state index in [1.807, 2.05) is 0 Å². The number of para-hydroxylation sites is 9. The van der Waals surface area contributed by atoms with Crippen LogP contribution in [0.15, 0.2) is 296 Å². The van der Waals surface area contributed by atoms with Gasteiger partial charge in [0.25, 0.3) is 20.1 Å². The molecule has 1 aromatic heterocycles. The first kappa shape index (κ1) is 49.8. The molecule has 7 nitrogen and oxygen atoms in total. The molecule has 7 heterocycles. The predicted octanol–water partition coefficient (Wildman–Crippen LogP) is 14.0. The molecule has 0 saturated carbocycles. The lowest BCUT2D eigenvalue weighted by Gasteiger charge is -2.51. The summed E-state index contributed by atoms with van der Waals surface area (Å²) < 4.78 is 9.20. The summed E-state index contributed by atoms with van der Waals surface area (Å²) in [5.41, 5.74) is 27.0. The summed E-state index contributed by atoms with van der Waals surface area (Å²) in [6, 6.07) is 105.